The molecule has 116 valence electrons. The van der Waals surface area contributed by atoms with E-state index < -0.39 is 5.97 Å². The van der Waals surface area contributed by atoms with Crippen molar-refractivity contribution in [2.45, 2.75) is 6.61 Å². The van der Waals surface area contributed by atoms with Gasteiger partial charge in [-0.3, -0.25) is 0 Å². The predicted octanol–water partition coefficient (Wildman–Crippen LogP) is 4.40. The molecule has 7 heteroatoms. The van der Waals surface area contributed by atoms with E-state index >= 15 is 0 Å². The zero-order chi connectivity index (χ0) is 16.2. The molecule has 3 aromatic rings. The van der Waals surface area contributed by atoms with Gasteiger partial charge in [0, 0.05) is 5.56 Å². The third kappa shape index (κ3) is 3.70. The molecule has 0 radical (unpaired) electrons. The first-order valence-corrected chi connectivity index (χ1v) is 7.38. The minimum Gasteiger partial charge on any atom is -0.451 e. The van der Waals surface area contributed by atoms with Crippen molar-refractivity contribution in [3.05, 3.63) is 70.4 Å². The van der Waals surface area contributed by atoms with Gasteiger partial charge in [0.2, 0.25) is 5.89 Å². The Hall–Kier alpha value is -2.37. The summed E-state index contributed by atoms with van der Waals surface area (Å²) in [4.78, 5) is 19.9. The van der Waals surface area contributed by atoms with Gasteiger partial charge in [-0.25, -0.2) is 14.8 Å². The third-order valence-electron chi connectivity index (χ3n) is 2.94. The van der Waals surface area contributed by atoms with E-state index in [9.17, 15) is 4.79 Å². The van der Waals surface area contributed by atoms with Crippen LogP contribution in [0, 0.1) is 0 Å². The molecule has 0 fully saturated rings. The molecule has 1 aromatic carbocycles. The first-order valence-electron chi connectivity index (χ1n) is 6.63. The zero-order valence-corrected chi connectivity index (χ0v) is 13.2. The normalized spacial score (nSPS) is 10.5. The van der Waals surface area contributed by atoms with Crippen LogP contribution in [0.4, 0.5) is 0 Å². The quantitative estimate of drug-likeness (QED) is 0.516. The number of carbonyl (C=O) groups is 1. The molecule has 23 heavy (non-hydrogen) atoms. The number of carbonyl (C=O) groups excluding carboxylic acids is 1. The van der Waals surface area contributed by atoms with Gasteiger partial charge in [-0.1, -0.05) is 53.5 Å². The van der Waals surface area contributed by atoms with Crippen molar-refractivity contribution in [2.75, 3.05) is 0 Å². The van der Waals surface area contributed by atoms with E-state index in [4.69, 9.17) is 32.4 Å². The van der Waals surface area contributed by atoms with Crippen LogP contribution in [-0.2, 0) is 11.3 Å². The van der Waals surface area contributed by atoms with Crippen LogP contribution in [0.15, 0.2) is 53.1 Å². The summed E-state index contributed by atoms with van der Waals surface area (Å²) in [6.45, 7) is -0.129. The second-order valence-electron chi connectivity index (χ2n) is 4.52. The van der Waals surface area contributed by atoms with Gasteiger partial charge in [-0.15, -0.1) is 0 Å². The molecule has 0 saturated heterocycles. The largest absolute Gasteiger partial charge is 0.451 e. The van der Waals surface area contributed by atoms with Gasteiger partial charge < -0.3 is 9.15 Å². The maximum Gasteiger partial charge on any atom is 0.359 e. The van der Waals surface area contributed by atoms with Crippen molar-refractivity contribution < 1.29 is 13.9 Å². The van der Waals surface area contributed by atoms with Crippen molar-refractivity contribution in [1.29, 1.82) is 0 Å². The Bertz CT molecular complexity index is 834. The highest BCUT2D eigenvalue weighted by molar-refractivity contribution is 6.34. The fourth-order valence-electron chi connectivity index (χ4n) is 1.87. The monoisotopic (exact) mass is 348 g/mol. The fraction of sp³-hybridized carbons (Fsp3) is 0.0625. The standard InChI is InChI=1S/C16H10Cl2N2O3/c17-11-6-7-13(18)20-15(11)16(21)22-9-14-19-8-12(23-14)10-4-2-1-3-5-10/h1-8H,9H2. The number of aromatic nitrogens is 2. The van der Waals surface area contributed by atoms with E-state index in [-0.39, 0.29) is 28.4 Å². The molecule has 0 aliphatic heterocycles. The lowest BCUT2D eigenvalue weighted by atomic mass is 10.2. The summed E-state index contributed by atoms with van der Waals surface area (Å²) in [7, 11) is 0. The number of benzene rings is 1. The summed E-state index contributed by atoms with van der Waals surface area (Å²) >= 11 is 11.6. The molecular weight excluding hydrogens is 339 g/mol. The summed E-state index contributed by atoms with van der Waals surface area (Å²) in [6, 6.07) is 12.4. The van der Waals surface area contributed by atoms with E-state index in [1.807, 2.05) is 30.3 Å². The van der Waals surface area contributed by atoms with Crippen LogP contribution < -0.4 is 0 Å². The molecule has 3 rings (SSSR count). The molecule has 0 N–H and O–H groups in total. The van der Waals surface area contributed by atoms with Crippen LogP contribution >= 0.6 is 23.2 Å². The van der Waals surface area contributed by atoms with E-state index in [2.05, 4.69) is 9.97 Å². The highest BCUT2D eigenvalue weighted by Gasteiger charge is 2.16. The number of pyridine rings is 1. The minimum absolute atomic E-state index is 0.0472. The molecule has 5 nitrogen and oxygen atoms in total. The zero-order valence-electron chi connectivity index (χ0n) is 11.7. The molecule has 0 aliphatic rings. The number of nitrogens with zero attached hydrogens (tertiary/aromatic N) is 2. The van der Waals surface area contributed by atoms with Gasteiger partial charge in [-0.05, 0) is 12.1 Å². The van der Waals surface area contributed by atoms with Gasteiger partial charge in [0.25, 0.3) is 0 Å². The summed E-state index contributed by atoms with van der Waals surface area (Å²) < 4.78 is 10.6. The van der Waals surface area contributed by atoms with Crippen molar-refractivity contribution >= 4 is 29.2 Å². The van der Waals surface area contributed by atoms with Gasteiger partial charge in [-0.2, -0.15) is 0 Å². The van der Waals surface area contributed by atoms with Gasteiger partial charge in [0.05, 0.1) is 11.2 Å². The fourth-order valence-corrected chi connectivity index (χ4v) is 2.20. The van der Waals surface area contributed by atoms with Crippen molar-refractivity contribution in [2.24, 2.45) is 0 Å². The summed E-state index contributed by atoms with van der Waals surface area (Å²) in [5.41, 5.74) is 0.839. The topological polar surface area (TPSA) is 65.2 Å². The third-order valence-corrected chi connectivity index (χ3v) is 3.46. The number of ether oxygens (including phenoxy) is 1. The smallest absolute Gasteiger partial charge is 0.359 e. The second kappa shape index (κ2) is 6.81. The Kier molecular flexibility index (Phi) is 4.60. The highest BCUT2D eigenvalue weighted by Crippen LogP contribution is 2.21. The van der Waals surface area contributed by atoms with Crippen LogP contribution in [0.5, 0.6) is 0 Å². The van der Waals surface area contributed by atoms with Gasteiger partial charge in [0.15, 0.2) is 18.1 Å². The maximum absolute atomic E-state index is 12.0. The summed E-state index contributed by atoms with van der Waals surface area (Å²) in [6.07, 6.45) is 1.57. The SMILES string of the molecule is O=C(OCc1ncc(-c2ccccc2)o1)c1nc(Cl)ccc1Cl. The number of rotatable bonds is 4. The van der Waals surface area contributed by atoms with E-state index in [1.165, 1.54) is 12.1 Å². The lowest BCUT2D eigenvalue weighted by molar-refractivity contribution is 0.0432. The highest BCUT2D eigenvalue weighted by atomic mass is 35.5. The van der Waals surface area contributed by atoms with Crippen LogP contribution in [0.1, 0.15) is 16.4 Å². The molecule has 2 aromatic heterocycles. The number of esters is 1. The van der Waals surface area contributed by atoms with Crippen molar-refractivity contribution in [3.8, 4) is 11.3 Å². The van der Waals surface area contributed by atoms with E-state index in [0.717, 1.165) is 5.56 Å². The number of hydrogen-bond acceptors (Lipinski definition) is 5. The van der Waals surface area contributed by atoms with Crippen LogP contribution in [0.2, 0.25) is 10.2 Å². The second-order valence-corrected chi connectivity index (χ2v) is 5.32. The van der Waals surface area contributed by atoms with Crippen molar-refractivity contribution in [3.63, 3.8) is 0 Å². The molecule has 0 saturated carbocycles. The average Bonchev–Trinajstić information content (AvgIpc) is 3.05. The molecule has 0 aliphatic carbocycles. The Labute approximate surface area is 141 Å². The summed E-state index contributed by atoms with van der Waals surface area (Å²) in [5.74, 6) is 0.169. The van der Waals surface area contributed by atoms with E-state index in [0.29, 0.717) is 5.76 Å². The van der Waals surface area contributed by atoms with Gasteiger partial charge >= 0.3 is 5.97 Å². The Morgan fingerprint density at radius 3 is 2.70 bits per heavy atom. The lowest BCUT2D eigenvalue weighted by Crippen LogP contribution is -2.08. The molecule has 2 heterocycles. The van der Waals surface area contributed by atoms with Gasteiger partial charge in [0.1, 0.15) is 5.15 Å². The molecule has 0 amide bonds. The van der Waals surface area contributed by atoms with Crippen LogP contribution in [0.25, 0.3) is 11.3 Å². The number of halogens is 2. The Morgan fingerprint density at radius 1 is 1.13 bits per heavy atom. The van der Waals surface area contributed by atoms with Crippen LogP contribution in [0.3, 0.4) is 0 Å². The van der Waals surface area contributed by atoms with Crippen LogP contribution in [-0.4, -0.2) is 15.9 Å². The lowest BCUT2D eigenvalue weighted by Gasteiger charge is -2.03. The number of oxazole rings is 1. The molecule has 0 bridgehead atoms. The predicted molar refractivity (Wildman–Crippen MR) is 85.3 cm³/mol. The average molecular weight is 349 g/mol. The Balaban J connectivity index is 1.68. The molecular formula is C16H10Cl2N2O3. The number of hydrogen-bond donors (Lipinski definition) is 0. The first-order chi connectivity index (χ1) is 11.1. The van der Waals surface area contributed by atoms with Crippen molar-refractivity contribution in [1.82, 2.24) is 9.97 Å². The first kappa shape index (κ1) is 15.5. The summed E-state index contributed by atoms with van der Waals surface area (Å²) in [5, 5.41) is 0.320. The maximum atomic E-state index is 12.0. The minimum atomic E-state index is -0.697. The molecule has 0 unspecified atom stereocenters. The molecule has 0 atom stereocenters. The molecule has 0 spiro atoms. The van der Waals surface area contributed by atoms with E-state index in [1.54, 1.807) is 6.20 Å². The Morgan fingerprint density at radius 2 is 1.91 bits per heavy atom.